The smallest absolute Gasteiger partial charge is 0.335 e. The van der Waals surface area contributed by atoms with E-state index in [0.29, 0.717) is 10.6 Å². The third-order valence-corrected chi connectivity index (χ3v) is 4.61. The van der Waals surface area contributed by atoms with Crippen LogP contribution in [0, 0.1) is 25.2 Å². The first-order valence-electron chi connectivity index (χ1n) is 8.31. The van der Waals surface area contributed by atoms with E-state index >= 15 is 0 Å². The van der Waals surface area contributed by atoms with Crippen molar-refractivity contribution in [1.82, 2.24) is 4.57 Å². The van der Waals surface area contributed by atoms with Crippen LogP contribution in [0.1, 0.15) is 32.9 Å². The first-order chi connectivity index (χ1) is 12.9. The highest BCUT2D eigenvalue weighted by Gasteiger charge is 2.12. The topological polar surface area (TPSA) is 66.0 Å². The van der Waals surface area contributed by atoms with E-state index in [9.17, 15) is 15.2 Å². The van der Waals surface area contributed by atoms with Crippen LogP contribution in [-0.2, 0) is 0 Å². The number of nitrogens with zero attached hydrogens (tertiary/aromatic N) is 2. The van der Waals surface area contributed by atoms with Crippen molar-refractivity contribution in [2.75, 3.05) is 0 Å². The van der Waals surface area contributed by atoms with E-state index in [1.54, 1.807) is 30.3 Å². The number of carboxylic acid groups (broad SMARTS) is 1. The second kappa shape index (κ2) is 7.53. The molecule has 0 aliphatic rings. The van der Waals surface area contributed by atoms with E-state index < -0.39 is 5.97 Å². The SMILES string of the molecule is Cc1cc(/C=C(/C#N)c2cccc(Cl)c2)c(C)n1-c1cccc(C(=O)O)c1. The number of benzene rings is 2. The van der Waals surface area contributed by atoms with Crippen molar-refractivity contribution in [2.24, 2.45) is 0 Å². The summed E-state index contributed by atoms with van der Waals surface area (Å²) in [6.45, 7) is 3.89. The number of aromatic nitrogens is 1. The third kappa shape index (κ3) is 3.79. The summed E-state index contributed by atoms with van der Waals surface area (Å²) in [7, 11) is 0. The number of rotatable bonds is 4. The Labute approximate surface area is 162 Å². The Hall–Kier alpha value is -3.29. The lowest BCUT2D eigenvalue weighted by molar-refractivity contribution is 0.0697. The molecule has 0 unspecified atom stereocenters. The van der Waals surface area contributed by atoms with E-state index in [4.69, 9.17) is 11.6 Å². The Balaban J connectivity index is 2.10. The van der Waals surface area contributed by atoms with Gasteiger partial charge in [0.05, 0.1) is 17.2 Å². The van der Waals surface area contributed by atoms with Crippen molar-refractivity contribution in [3.05, 3.63) is 87.7 Å². The lowest BCUT2D eigenvalue weighted by Crippen LogP contribution is -2.02. The van der Waals surface area contributed by atoms with Gasteiger partial charge in [-0.25, -0.2) is 4.79 Å². The first-order valence-corrected chi connectivity index (χ1v) is 8.69. The molecule has 0 aliphatic heterocycles. The monoisotopic (exact) mass is 376 g/mol. The Kier molecular flexibility index (Phi) is 5.16. The largest absolute Gasteiger partial charge is 0.478 e. The number of halogens is 1. The minimum atomic E-state index is -0.966. The van der Waals surface area contributed by atoms with Gasteiger partial charge in [-0.15, -0.1) is 0 Å². The van der Waals surface area contributed by atoms with Crippen LogP contribution in [-0.4, -0.2) is 15.6 Å². The Morgan fingerprint density at radius 3 is 2.48 bits per heavy atom. The molecule has 27 heavy (non-hydrogen) atoms. The summed E-state index contributed by atoms with van der Waals surface area (Å²) in [5.74, 6) is -0.966. The standard InChI is InChI=1S/C22H17ClN2O2/c1-14-9-18(10-19(13-24)16-5-3-7-20(23)11-16)15(2)25(14)21-8-4-6-17(12-21)22(26)27/h3-12H,1-2H3,(H,26,27)/b19-10-. The van der Waals surface area contributed by atoms with Gasteiger partial charge in [0.25, 0.3) is 0 Å². The maximum atomic E-state index is 11.3. The molecule has 1 heterocycles. The first kappa shape index (κ1) is 18.5. The lowest BCUT2D eigenvalue weighted by Gasteiger charge is -2.10. The van der Waals surface area contributed by atoms with Crippen molar-refractivity contribution in [3.63, 3.8) is 0 Å². The zero-order valence-electron chi connectivity index (χ0n) is 14.9. The molecule has 0 amide bonds. The minimum Gasteiger partial charge on any atom is -0.478 e. The van der Waals surface area contributed by atoms with Gasteiger partial charge in [0, 0.05) is 22.1 Å². The van der Waals surface area contributed by atoms with E-state index in [1.807, 2.05) is 48.8 Å². The maximum Gasteiger partial charge on any atom is 0.335 e. The fourth-order valence-electron chi connectivity index (χ4n) is 3.10. The lowest BCUT2D eigenvalue weighted by atomic mass is 10.0. The normalized spacial score (nSPS) is 11.3. The highest BCUT2D eigenvalue weighted by molar-refractivity contribution is 6.30. The van der Waals surface area contributed by atoms with Crippen LogP contribution >= 0.6 is 11.6 Å². The number of carbonyl (C=O) groups is 1. The molecular weight excluding hydrogens is 360 g/mol. The van der Waals surface area contributed by atoms with Gasteiger partial charge in [0.2, 0.25) is 0 Å². The summed E-state index contributed by atoms with van der Waals surface area (Å²) in [4.78, 5) is 11.3. The summed E-state index contributed by atoms with van der Waals surface area (Å²) in [6, 6.07) is 18.2. The molecule has 3 aromatic rings. The molecule has 134 valence electrons. The van der Waals surface area contributed by atoms with Crippen molar-refractivity contribution >= 4 is 29.2 Å². The highest BCUT2D eigenvalue weighted by Crippen LogP contribution is 2.26. The molecule has 0 saturated carbocycles. The molecule has 5 heteroatoms. The summed E-state index contributed by atoms with van der Waals surface area (Å²) in [5.41, 5.74) is 5.03. The van der Waals surface area contributed by atoms with Gasteiger partial charge in [0.1, 0.15) is 0 Å². The molecule has 0 atom stereocenters. The van der Waals surface area contributed by atoms with E-state index in [-0.39, 0.29) is 5.56 Å². The number of carboxylic acids is 1. The van der Waals surface area contributed by atoms with Crippen LogP contribution in [0.25, 0.3) is 17.3 Å². The average Bonchev–Trinajstić information content (AvgIpc) is 2.93. The minimum absolute atomic E-state index is 0.230. The summed E-state index contributed by atoms with van der Waals surface area (Å²) in [6.07, 6.45) is 1.82. The van der Waals surface area contributed by atoms with Crippen LogP contribution in [0.15, 0.2) is 54.6 Å². The molecule has 0 bridgehead atoms. The molecule has 0 fully saturated rings. The number of hydrogen-bond acceptors (Lipinski definition) is 2. The van der Waals surface area contributed by atoms with Gasteiger partial charge < -0.3 is 9.67 Å². The summed E-state index contributed by atoms with van der Waals surface area (Å²) in [5, 5.41) is 19.4. The Morgan fingerprint density at radius 2 is 1.81 bits per heavy atom. The molecule has 0 saturated heterocycles. The van der Waals surface area contributed by atoms with Crippen molar-refractivity contribution in [2.45, 2.75) is 13.8 Å². The van der Waals surface area contributed by atoms with Crippen molar-refractivity contribution < 1.29 is 9.90 Å². The van der Waals surface area contributed by atoms with E-state index in [0.717, 1.165) is 28.2 Å². The van der Waals surface area contributed by atoms with Gasteiger partial charge in [-0.05, 0) is 67.4 Å². The fourth-order valence-corrected chi connectivity index (χ4v) is 3.29. The van der Waals surface area contributed by atoms with Crippen LogP contribution in [0.2, 0.25) is 5.02 Å². The molecule has 0 aliphatic carbocycles. The fraction of sp³-hybridized carbons (Fsp3) is 0.0909. The van der Waals surface area contributed by atoms with Gasteiger partial charge in [0.15, 0.2) is 0 Å². The van der Waals surface area contributed by atoms with Gasteiger partial charge in [-0.2, -0.15) is 5.26 Å². The molecular formula is C22H17ClN2O2. The second-order valence-corrected chi connectivity index (χ2v) is 6.63. The van der Waals surface area contributed by atoms with Gasteiger partial charge in [-0.1, -0.05) is 29.8 Å². The quantitative estimate of drug-likeness (QED) is 0.610. The number of aromatic carboxylic acids is 1. The summed E-state index contributed by atoms with van der Waals surface area (Å²) >= 11 is 6.04. The third-order valence-electron chi connectivity index (χ3n) is 4.38. The average molecular weight is 377 g/mol. The zero-order chi connectivity index (χ0) is 19.6. The number of nitriles is 1. The van der Waals surface area contributed by atoms with Crippen LogP contribution in [0.5, 0.6) is 0 Å². The number of allylic oxidation sites excluding steroid dienone is 1. The molecule has 1 aromatic heterocycles. The highest BCUT2D eigenvalue weighted by atomic mass is 35.5. The Morgan fingerprint density at radius 1 is 1.11 bits per heavy atom. The number of aryl methyl sites for hydroxylation is 1. The molecule has 3 rings (SSSR count). The second-order valence-electron chi connectivity index (χ2n) is 6.20. The number of hydrogen-bond donors (Lipinski definition) is 1. The molecule has 4 nitrogen and oxygen atoms in total. The maximum absolute atomic E-state index is 11.3. The van der Waals surface area contributed by atoms with Crippen LogP contribution < -0.4 is 0 Å². The van der Waals surface area contributed by atoms with Gasteiger partial charge >= 0.3 is 5.97 Å². The molecule has 0 spiro atoms. The van der Waals surface area contributed by atoms with Gasteiger partial charge in [-0.3, -0.25) is 0 Å². The zero-order valence-corrected chi connectivity index (χ0v) is 15.7. The van der Waals surface area contributed by atoms with E-state index in [1.165, 1.54) is 0 Å². The predicted octanol–water partition coefficient (Wildman–Crippen LogP) is 5.51. The van der Waals surface area contributed by atoms with Crippen molar-refractivity contribution in [1.29, 1.82) is 5.26 Å². The molecule has 1 N–H and O–H groups in total. The van der Waals surface area contributed by atoms with E-state index in [2.05, 4.69) is 6.07 Å². The van der Waals surface area contributed by atoms with Crippen LogP contribution in [0.4, 0.5) is 0 Å². The summed E-state index contributed by atoms with van der Waals surface area (Å²) < 4.78 is 1.98. The molecule has 0 radical (unpaired) electrons. The molecule has 2 aromatic carbocycles. The van der Waals surface area contributed by atoms with Crippen molar-refractivity contribution in [3.8, 4) is 11.8 Å². The predicted molar refractivity (Wildman–Crippen MR) is 107 cm³/mol. The Bertz CT molecular complexity index is 1100. The van der Waals surface area contributed by atoms with Crippen LogP contribution in [0.3, 0.4) is 0 Å².